The molecule has 3 aromatic rings. The molecule has 8 nitrogen and oxygen atoms in total. The third-order valence-corrected chi connectivity index (χ3v) is 7.85. The van der Waals surface area contributed by atoms with Crippen LogP contribution in [0, 0.1) is 6.92 Å². The highest BCUT2D eigenvalue weighted by Gasteiger charge is 2.29. The van der Waals surface area contributed by atoms with Gasteiger partial charge in [0.1, 0.15) is 5.76 Å². The number of amides is 1. The van der Waals surface area contributed by atoms with E-state index < -0.39 is 10.0 Å². The van der Waals surface area contributed by atoms with Crippen molar-refractivity contribution in [2.24, 2.45) is 0 Å². The zero-order chi connectivity index (χ0) is 24.8. The first-order chi connectivity index (χ1) is 16.8. The molecule has 35 heavy (non-hydrogen) atoms. The molecule has 0 unspecified atom stereocenters. The summed E-state index contributed by atoms with van der Waals surface area (Å²) in [5.41, 5.74) is 3.05. The molecule has 4 rings (SSSR count). The minimum atomic E-state index is -3.90. The van der Waals surface area contributed by atoms with Crippen molar-refractivity contribution in [3.63, 3.8) is 0 Å². The van der Waals surface area contributed by atoms with Crippen LogP contribution in [-0.2, 0) is 32.6 Å². The lowest BCUT2D eigenvalue weighted by Crippen LogP contribution is -2.40. The third kappa shape index (κ3) is 6.30. The van der Waals surface area contributed by atoms with Gasteiger partial charge in [0.25, 0.3) is 0 Å². The molecule has 0 bridgehead atoms. The smallest absolute Gasteiger partial charge is 0.243 e. The topological polar surface area (TPSA) is 83.3 Å². The number of hydrogen-bond acceptors (Lipinski definition) is 6. The summed E-state index contributed by atoms with van der Waals surface area (Å²) < 4.78 is 38.7. The van der Waals surface area contributed by atoms with Gasteiger partial charge >= 0.3 is 0 Å². The highest BCUT2D eigenvalue weighted by Crippen LogP contribution is 2.21. The maximum Gasteiger partial charge on any atom is 0.243 e. The number of furan rings is 1. The van der Waals surface area contributed by atoms with E-state index in [9.17, 15) is 13.2 Å². The summed E-state index contributed by atoms with van der Waals surface area (Å²) in [6.07, 6.45) is 1.49. The minimum Gasteiger partial charge on any atom is -0.468 e. The van der Waals surface area contributed by atoms with Crippen LogP contribution in [0.1, 0.15) is 16.9 Å². The molecule has 0 saturated carbocycles. The maximum atomic E-state index is 13.4. The Morgan fingerprint density at radius 3 is 2.29 bits per heavy atom. The number of carbonyl (C=O) groups excluding carboxylic acids is 1. The molecule has 186 valence electrons. The Labute approximate surface area is 206 Å². The van der Waals surface area contributed by atoms with Crippen molar-refractivity contribution in [3.8, 4) is 0 Å². The Bertz CT molecular complexity index is 1200. The van der Waals surface area contributed by atoms with E-state index in [1.165, 1.54) is 6.26 Å². The predicted molar refractivity (Wildman–Crippen MR) is 133 cm³/mol. The van der Waals surface area contributed by atoms with Crippen LogP contribution < -0.4 is 4.90 Å². The number of morpholine rings is 1. The zero-order valence-corrected chi connectivity index (χ0v) is 20.9. The number of nitrogens with zero attached hydrogens (tertiary/aromatic N) is 3. The Kier molecular flexibility index (Phi) is 7.90. The number of rotatable bonds is 9. The molecule has 1 amide bonds. The van der Waals surface area contributed by atoms with Gasteiger partial charge in [-0.05, 0) is 48.9 Å². The standard InChI is InChI=1S/C26H31N3O5S/c1-21-5-11-25(12-6-21)35(31,32)29(19-24-4-3-15-34-24)20-26(30)27(2)18-22-7-9-23(10-8-22)28-13-16-33-17-14-28/h3-12,15H,13-14,16-20H2,1-2H3. The molecule has 1 aliphatic rings. The summed E-state index contributed by atoms with van der Waals surface area (Å²) in [4.78, 5) is 17.1. The number of ether oxygens (including phenoxy) is 1. The van der Waals surface area contributed by atoms with Gasteiger partial charge in [-0.15, -0.1) is 0 Å². The molecule has 1 aliphatic heterocycles. The monoisotopic (exact) mass is 497 g/mol. The molecular formula is C26H31N3O5S. The molecule has 2 aromatic carbocycles. The van der Waals surface area contributed by atoms with Crippen molar-refractivity contribution in [3.05, 3.63) is 83.8 Å². The minimum absolute atomic E-state index is 0.0307. The average Bonchev–Trinajstić information content (AvgIpc) is 3.38. The van der Waals surface area contributed by atoms with Crippen molar-refractivity contribution >= 4 is 21.6 Å². The van der Waals surface area contributed by atoms with Crippen molar-refractivity contribution < 1.29 is 22.4 Å². The Morgan fingerprint density at radius 2 is 1.66 bits per heavy atom. The lowest BCUT2D eigenvalue weighted by molar-refractivity contribution is -0.130. The lowest BCUT2D eigenvalue weighted by Gasteiger charge is -2.29. The SMILES string of the molecule is Cc1ccc(S(=O)(=O)N(CC(=O)N(C)Cc2ccc(N3CCOCC3)cc2)Cc2ccco2)cc1. The van der Waals surface area contributed by atoms with E-state index in [0.29, 0.717) is 12.3 Å². The molecule has 1 saturated heterocycles. The molecule has 0 spiro atoms. The van der Waals surface area contributed by atoms with Crippen LogP contribution in [0.15, 0.2) is 76.2 Å². The molecule has 0 aliphatic carbocycles. The van der Waals surface area contributed by atoms with Gasteiger partial charge in [0.15, 0.2) is 0 Å². The summed E-state index contributed by atoms with van der Waals surface area (Å²) in [6, 6.07) is 18.1. The second kappa shape index (κ2) is 11.1. The first kappa shape index (κ1) is 25.0. The zero-order valence-electron chi connectivity index (χ0n) is 20.1. The van der Waals surface area contributed by atoms with Crippen molar-refractivity contribution in [2.75, 3.05) is 44.8 Å². The molecule has 1 aromatic heterocycles. The van der Waals surface area contributed by atoms with Crippen LogP contribution in [0.5, 0.6) is 0 Å². The van der Waals surface area contributed by atoms with Crippen molar-refractivity contribution in [1.29, 1.82) is 0 Å². The first-order valence-electron chi connectivity index (χ1n) is 11.6. The maximum absolute atomic E-state index is 13.4. The summed E-state index contributed by atoms with van der Waals surface area (Å²) >= 11 is 0. The molecule has 0 atom stereocenters. The van der Waals surface area contributed by atoms with Gasteiger partial charge in [0, 0.05) is 32.4 Å². The summed E-state index contributed by atoms with van der Waals surface area (Å²) in [7, 11) is -2.22. The van der Waals surface area contributed by atoms with Crippen LogP contribution in [0.3, 0.4) is 0 Å². The highest BCUT2D eigenvalue weighted by atomic mass is 32.2. The van der Waals surface area contributed by atoms with Gasteiger partial charge in [-0.1, -0.05) is 29.8 Å². The largest absolute Gasteiger partial charge is 0.468 e. The van der Waals surface area contributed by atoms with Gasteiger partial charge in [-0.3, -0.25) is 4.79 Å². The van der Waals surface area contributed by atoms with Gasteiger partial charge < -0.3 is 19.0 Å². The van der Waals surface area contributed by atoms with E-state index in [0.717, 1.165) is 47.4 Å². The fraction of sp³-hybridized carbons (Fsp3) is 0.346. The van der Waals surface area contributed by atoms with Gasteiger partial charge in [0.05, 0.1) is 37.5 Å². The van der Waals surface area contributed by atoms with Crippen molar-refractivity contribution in [2.45, 2.75) is 24.9 Å². The summed E-state index contributed by atoms with van der Waals surface area (Å²) in [5, 5.41) is 0. The van der Waals surface area contributed by atoms with E-state index in [1.54, 1.807) is 48.3 Å². The number of likely N-dealkylation sites (N-methyl/N-ethyl adjacent to an activating group) is 1. The molecule has 2 heterocycles. The fourth-order valence-corrected chi connectivity index (χ4v) is 5.28. The average molecular weight is 498 g/mol. The molecule has 9 heteroatoms. The van der Waals surface area contributed by atoms with E-state index in [-0.39, 0.29) is 23.9 Å². The number of benzene rings is 2. The second-order valence-electron chi connectivity index (χ2n) is 8.68. The third-order valence-electron chi connectivity index (χ3n) is 6.04. The van der Waals surface area contributed by atoms with E-state index in [2.05, 4.69) is 4.90 Å². The van der Waals surface area contributed by atoms with Crippen LogP contribution in [0.4, 0.5) is 5.69 Å². The molecule has 0 N–H and O–H groups in total. The second-order valence-corrected chi connectivity index (χ2v) is 10.6. The quantitative estimate of drug-likeness (QED) is 0.451. The number of anilines is 1. The molecule has 1 fully saturated rings. The predicted octanol–water partition coefficient (Wildman–Crippen LogP) is 3.27. The Balaban J connectivity index is 1.45. The number of carbonyl (C=O) groups is 1. The van der Waals surface area contributed by atoms with Crippen molar-refractivity contribution in [1.82, 2.24) is 9.21 Å². The highest BCUT2D eigenvalue weighted by molar-refractivity contribution is 7.89. The number of aryl methyl sites for hydroxylation is 1. The summed E-state index contributed by atoms with van der Waals surface area (Å²) in [6.45, 7) is 5.11. The normalized spacial score (nSPS) is 14.3. The van der Waals surface area contributed by atoms with Crippen LogP contribution >= 0.6 is 0 Å². The van der Waals surface area contributed by atoms with Gasteiger partial charge in [-0.25, -0.2) is 8.42 Å². The summed E-state index contributed by atoms with van der Waals surface area (Å²) in [5.74, 6) is 0.166. The molecule has 0 radical (unpaired) electrons. The van der Waals surface area contributed by atoms with Gasteiger partial charge in [0.2, 0.25) is 15.9 Å². The number of sulfonamides is 1. The van der Waals surface area contributed by atoms with E-state index in [4.69, 9.17) is 9.15 Å². The van der Waals surface area contributed by atoms with E-state index in [1.807, 2.05) is 31.2 Å². The fourth-order valence-electron chi connectivity index (χ4n) is 3.93. The van der Waals surface area contributed by atoms with Crippen LogP contribution in [0.25, 0.3) is 0 Å². The van der Waals surface area contributed by atoms with Gasteiger partial charge in [-0.2, -0.15) is 4.31 Å². The molecular weight excluding hydrogens is 466 g/mol. The van der Waals surface area contributed by atoms with E-state index >= 15 is 0 Å². The Morgan fingerprint density at radius 1 is 0.971 bits per heavy atom. The lowest BCUT2D eigenvalue weighted by atomic mass is 10.1. The number of hydrogen-bond donors (Lipinski definition) is 0. The van der Waals surface area contributed by atoms with Crippen LogP contribution in [-0.4, -0.2) is 63.4 Å². The first-order valence-corrected chi connectivity index (χ1v) is 13.0. The van der Waals surface area contributed by atoms with Crippen LogP contribution in [0.2, 0.25) is 0 Å². The Hall–Kier alpha value is -3.14.